The zero-order valence-corrected chi connectivity index (χ0v) is 14.6. The molecule has 22 heavy (non-hydrogen) atoms. The van der Waals surface area contributed by atoms with Crippen LogP contribution in [0.2, 0.25) is 0 Å². The molecule has 0 aromatic rings. The Morgan fingerprint density at radius 3 is 2.73 bits per heavy atom. The smallest absolute Gasteiger partial charge is 0.0577 e. The normalized spacial score (nSPS) is 50.8. The van der Waals surface area contributed by atoms with Crippen molar-refractivity contribution >= 4 is 0 Å². The molecule has 4 aliphatic rings. The maximum Gasteiger partial charge on any atom is 0.0577 e. The Morgan fingerprint density at radius 1 is 1.09 bits per heavy atom. The molecule has 7 unspecified atom stereocenters. The summed E-state index contributed by atoms with van der Waals surface area (Å²) in [7, 11) is 0. The highest BCUT2D eigenvalue weighted by Gasteiger charge is 2.53. The van der Waals surface area contributed by atoms with Gasteiger partial charge in [-0.15, -0.1) is 0 Å². The summed E-state index contributed by atoms with van der Waals surface area (Å²) in [6.07, 6.45) is 15.9. The largest absolute Gasteiger partial charge is 0.393 e. The number of aliphatic hydroxyl groups is 1. The third-order valence-corrected chi connectivity index (χ3v) is 8.20. The van der Waals surface area contributed by atoms with Crippen LogP contribution < -0.4 is 0 Å². The minimum Gasteiger partial charge on any atom is -0.393 e. The molecular weight excluding hydrogens is 268 g/mol. The van der Waals surface area contributed by atoms with Gasteiger partial charge in [-0.25, -0.2) is 0 Å². The second kappa shape index (κ2) is 5.65. The average molecular weight is 303 g/mol. The van der Waals surface area contributed by atoms with Crippen molar-refractivity contribution in [3.05, 3.63) is 11.6 Å². The summed E-state index contributed by atoms with van der Waals surface area (Å²) in [6, 6.07) is 0. The van der Waals surface area contributed by atoms with Crippen molar-refractivity contribution in [3.8, 4) is 0 Å². The van der Waals surface area contributed by atoms with E-state index in [0.717, 1.165) is 42.4 Å². The van der Waals surface area contributed by atoms with Crippen molar-refractivity contribution in [2.75, 3.05) is 0 Å². The Morgan fingerprint density at radius 2 is 1.91 bits per heavy atom. The molecule has 0 radical (unpaired) electrons. The lowest BCUT2D eigenvalue weighted by molar-refractivity contribution is -0.0119. The van der Waals surface area contributed by atoms with Crippen LogP contribution in [0.1, 0.15) is 78.1 Å². The zero-order valence-electron chi connectivity index (χ0n) is 14.6. The van der Waals surface area contributed by atoms with Crippen LogP contribution in [0.25, 0.3) is 0 Å². The van der Waals surface area contributed by atoms with E-state index >= 15 is 0 Å². The molecule has 0 amide bonds. The number of fused-ring (bicyclic) bond motifs is 5. The maximum absolute atomic E-state index is 10.1. The Bertz CT molecular complexity index is 453. The van der Waals surface area contributed by atoms with Crippen molar-refractivity contribution in [2.45, 2.75) is 84.2 Å². The molecule has 1 nitrogen and oxygen atoms in total. The van der Waals surface area contributed by atoms with Gasteiger partial charge in [-0.05, 0) is 86.4 Å². The molecule has 0 aliphatic heterocycles. The third-order valence-electron chi connectivity index (χ3n) is 8.20. The van der Waals surface area contributed by atoms with Crippen LogP contribution >= 0.6 is 0 Å². The molecule has 0 aromatic carbocycles. The molecule has 3 saturated carbocycles. The summed E-state index contributed by atoms with van der Waals surface area (Å²) in [5, 5.41) is 10.1. The molecule has 124 valence electrons. The van der Waals surface area contributed by atoms with Crippen LogP contribution in [-0.4, -0.2) is 11.2 Å². The molecule has 0 bridgehead atoms. The Labute approximate surface area is 136 Å². The van der Waals surface area contributed by atoms with Crippen molar-refractivity contribution < 1.29 is 5.11 Å². The number of aliphatic hydroxyl groups excluding tert-OH is 1. The molecule has 3 fully saturated rings. The lowest BCUT2D eigenvalue weighted by Crippen LogP contribution is -2.47. The molecule has 0 heterocycles. The molecular formula is C21H34O. The van der Waals surface area contributed by atoms with Gasteiger partial charge in [0.25, 0.3) is 0 Å². The Balaban J connectivity index is 1.58. The third kappa shape index (κ3) is 2.22. The molecule has 4 rings (SSSR count). The van der Waals surface area contributed by atoms with E-state index in [4.69, 9.17) is 0 Å². The van der Waals surface area contributed by atoms with E-state index in [9.17, 15) is 5.11 Å². The zero-order chi connectivity index (χ0) is 15.3. The van der Waals surface area contributed by atoms with Gasteiger partial charge >= 0.3 is 0 Å². The van der Waals surface area contributed by atoms with Gasteiger partial charge in [-0.1, -0.05) is 38.3 Å². The minimum atomic E-state index is -0.0624. The number of allylic oxidation sites excluding steroid dienone is 1. The summed E-state index contributed by atoms with van der Waals surface area (Å²) in [5.74, 6) is 5.00. The van der Waals surface area contributed by atoms with Crippen LogP contribution in [0, 0.1) is 35.0 Å². The first-order chi connectivity index (χ1) is 10.6. The van der Waals surface area contributed by atoms with E-state index in [2.05, 4.69) is 19.9 Å². The van der Waals surface area contributed by atoms with E-state index in [1.807, 2.05) is 0 Å². The highest BCUT2D eigenvalue weighted by atomic mass is 16.3. The van der Waals surface area contributed by atoms with Gasteiger partial charge in [-0.3, -0.25) is 0 Å². The second-order valence-corrected chi connectivity index (χ2v) is 9.08. The van der Waals surface area contributed by atoms with E-state index in [-0.39, 0.29) is 6.10 Å². The van der Waals surface area contributed by atoms with E-state index in [0.29, 0.717) is 5.41 Å². The average Bonchev–Trinajstić information content (AvgIpc) is 2.92. The fourth-order valence-corrected chi connectivity index (χ4v) is 7.14. The van der Waals surface area contributed by atoms with Gasteiger partial charge in [0.2, 0.25) is 0 Å². The van der Waals surface area contributed by atoms with Gasteiger partial charge < -0.3 is 5.11 Å². The lowest BCUT2D eigenvalue weighted by Gasteiger charge is -2.55. The van der Waals surface area contributed by atoms with E-state index in [1.54, 1.807) is 5.57 Å². The molecule has 0 aromatic heterocycles. The van der Waals surface area contributed by atoms with Gasteiger partial charge in [0.15, 0.2) is 0 Å². The van der Waals surface area contributed by atoms with Crippen LogP contribution in [0.5, 0.6) is 0 Å². The maximum atomic E-state index is 10.1. The van der Waals surface area contributed by atoms with E-state index in [1.165, 1.54) is 51.4 Å². The highest BCUT2D eigenvalue weighted by Crippen LogP contribution is 2.62. The summed E-state index contributed by atoms with van der Waals surface area (Å²) in [6.45, 7) is 4.91. The SMILES string of the molecule is CCCC1CCC2C1CCC1C2CC=C2CC(O)CCC21C. The van der Waals surface area contributed by atoms with Gasteiger partial charge in [0.1, 0.15) is 0 Å². The van der Waals surface area contributed by atoms with Crippen molar-refractivity contribution in [1.29, 1.82) is 0 Å². The lowest BCUT2D eigenvalue weighted by atomic mass is 9.50. The number of rotatable bonds is 2. The molecule has 4 aliphatic carbocycles. The Kier molecular flexibility index (Phi) is 3.92. The standard InChI is InChI=1S/C21H34O/c1-3-4-14-5-7-18-17(14)9-10-20-19(18)8-6-15-13-16(22)11-12-21(15,20)2/h6,14,16-20,22H,3-5,7-13H2,1-2H3. The fourth-order valence-electron chi connectivity index (χ4n) is 7.14. The predicted octanol–water partition coefficient (Wildman–Crippen LogP) is 5.34. The summed E-state index contributed by atoms with van der Waals surface area (Å²) in [5.41, 5.74) is 2.05. The highest BCUT2D eigenvalue weighted by molar-refractivity contribution is 5.24. The number of hydrogen-bond donors (Lipinski definition) is 1. The van der Waals surface area contributed by atoms with Crippen LogP contribution in [-0.2, 0) is 0 Å². The van der Waals surface area contributed by atoms with Crippen LogP contribution in [0.3, 0.4) is 0 Å². The van der Waals surface area contributed by atoms with Crippen molar-refractivity contribution in [2.24, 2.45) is 35.0 Å². The molecule has 7 atom stereocenters. The van der Waals surface area contributed by atoms with Crippen molar-refractivity contribution in [1.82, 2.24) is 0 Å². The first-order valence-electron chi connectivity index (χ1n) is 10.0. The molecule has 1 N–H and O–H groups in total. The Hall–Kier alpha value is -0.300. The minimum absolute atomic E-state index is 0.0624. The van der Waals surface area contributed by atoms with Crippen LogP contribution in [0.4, 0.5) is 0 Å². The van der Waals surface area contributed by atoms with Gasteiger partial charge in [0, 0.05) is 0 Å². The first-order valence-corrected chi connectivity index (χ1v) is 10.0. The van der Waals surface area contributed by atoms with Gasteiger partial charge in [-0.2, -0.15) is 0 Å². The van der Waals surface area contributed by atoms with Gasteiger partial charge in [0.05, 0.1) is 6.10 Å². The predicted molar refractivity (Wildman–Crippen MR) is 91.5 cm³/mol. The molecule has 0 saturated heterocycles. The van der Waals surface area contributed by atoms with E-state index < -0.39 is 0 Å². The van der Waals surface area contributed by atoms with Crippen molar-refractivity contribution in [3.63, 3.8) is 0 Å². The first kappa shape index (κ1) is 15.2. The molecule has 0 spiro atoms. The monoisotopic (exact) mass is 302 g/mol. The topological polar surface area (TPSA) is 20.2 Å². The fraction of sp³-hybridized carbons (Fsp3) is 0.905. The number of hydrogen-bond acceptors (Lipinski definition) is 1. The summed E-state index contributed by atoms with van der Waals surface area (Å²) < 4.78 is 0. The quantitative estimate of drug-likeness (QED) is 0.683. The van der Waals surface area contributed by atoms with Crippen LogP contribution in [0.15, 0.2) is 11.6 Å². The molecule has 1 heteroatoms. The second-order valence-electron chi connectivity index (χ2n) is 9.08. The summed E-state index contributed by atoms with van der Waals surface area (Å²) >= 11 is 0. The summed E-state index contributed by atoms with van der Waals surface area (Å²) in [4.78, 5) is 0.